The van der Waals surface area contributed by atoms with Crippen LogP contribution in [0.1, 0.15) is 33.5 Å². The van der Waals surface area contributed by atoms with Gasteiger partial charge in [0.2, 0.25) is 0 Å². The number of hydrogen-bond acceptors (Lipinski definition) is 4. The first kappa shape index (κ1) is 20.9. The van der Waals surface area contributed by atoms with Crippen LogP contribution in [-0.2, 0) is 6.42 Å². The standard InChI is InChI=1S/C18H34N4OS/c1-15(2)22(16(3)4)12-10-20-18(21-11-14-24-5)19-9-8-17-7-6-13-23-17/h6-7,13,15-16H,8-12,14H2,1-5H3,(H2,19,20,21). The van der Waals surface area contributed by atoms with Gasteiger partial charge < -0.3 is 15.1 Å². The fraction of sp³-hybridized carbons (Fsp3) is 0.722. The normalized spacial score (nSPS) is 12.4. The van der Waals surface area contributed by atoms with E-state index in [-0.39, 0.29) is 0 Å². The summed E-state index contributed by atoms with van der Waals surface area (Å²) in [7, 11) is 0. The molecule has 0 saturated carbocycles. The van der Waals surface area contributed by atoms with Crippen molar-refractivity contribution in [1.82, 2.24) is 15.5 Å². The minimum Gasteiger partial charge on any atom is -0.469 e. The monoisotopic (exact) mass is 354 g/mol. The Morgan fingerprint density at radius 3 is 2.50 bits per heavy atom. The number of thioether (sulfide) groups is 1. The van der Waals surface area contributed by atoms with Crippen molar-refractivity contribution in [3.05, 3.63) is 24.2 Å². The third-order valence-electron chi connectivity index (χ3n) is 3.80. The van der Waals surface area contributed by atoms with Gasteiger partial charge in [-0.3, -0.25) is 9.89 Å². The van der Waals surface area contributed by atoms with Crippen molar-refractivity contribution >= 4 is 17.7 Å². The Morgan fingerprint density at radius 1 is 1.21 bits per heavy atom. The van der Waals surface area contributed by atoms with Gasteiger partial charge in [0.05, 0.1) is 12.8 Å². The molecule has 0 spiro atoms. The Balaban J connectivity index is 2.46. The van der Waals surface area contributed by atoms with Gasteiger partial charge in [0.15, 0.2) is 5.96 Å². The molecule has 0 radical (unpaired) electrons. The lowest BCUT2D eigenvalue weighted by atomic mass is 10.2. The van der Waals surface area contributed by atoms with E-state index in [4.69, 9.17) is 9.41 Å². The van der Waals surface area contributed by atoms with Crippen LogP contribution in [0.25, 0.3) is 0 Å². The molecule has 1 aromatic heterocycles. The van der Waals surface area contributed by atoms with Crippen LogP contribution in [0.2, 0.25) is 0 Å². The van der Waals surface area contributed by atoms with E-state index < -0.39 is 0 Å². The number of furan rings is 1. The molecular formula is C18H34N4OS. The molecule has 0 fully saturated rings. The average molecular weight is 355 g/mol. The Labute approximate surface area is 151 Å². The van der Waals surface area contributed by atoms with Crippen LogP contribution >= 0.6 is 11.8 Å². The second-order valence-electron chi connectivity index (χ2n) is 6.33. The van der Waals surface area contributed by atoms with Gasteiger partial charge in [0.1, 0.15) is 5.76 Å². The summed E-state index contributed by atoms with van der Waals surface area (Å²) in [5.41, 5.74) is 0. The zero-order chi connectivity index (χ0) is 17.8. The van der Waals surface area contributed by atoms with Gasteiger partial charge in [-0.25, -0.2) is 0 Å². The van der Waals surface area contributed by atoms with Crippen LogP contribution in [0.5, 0.6) is 0 Å². The summed E-state index contributed by atoms with van der Waals surface area (Å²) in [6.07, 6.45) is 4.69. The van der Waals surface area contributed by atoms with Crippen molar-refractivity contribution in [2.75, 3.05) is 38.2 Å². The molecule has 0 bridgehead atoms. The molecule has 1 heterocycles. The first-order valence-corrected chi connectivity index (χ1v) is 10.2. The van der Waals surface area contributed by atoms with Crippen molar-refractivity contribution in [1.29, 1.82) is 0 Å². The number of hydrogen-bond donors (Lipinski definition) is 2. The van der Waals surface area contributed by atoms with E-state index in [1.165, 1.54) is 0 Å². The summed E-state index contributed by atoms with van der Waals surface area (Å²) < 4.78 is 5.37. The number of nitrogens with zero attached hydrogens (tertiary/aromatic N) is 2. The van der Waals surface area contributed by atoms with Crippen LogP contribution < -0.4 is 10.6 Å². The van der Waals surface area contributed by atoms with Crippen LogP contribution in [0.3, 0.4) is 0 Å². The van der Waals surface area contributed by atoms with Crippen molar-refractivity contribution in [2.24, 2.45) is 4.99 Å². The molecule has 5 nitrogen and oxygen atoms in total. The first-order valence-electron chi connectivity index (χ1n) is 8.83. The van der Waals surface area contributed by atoms with E-state index in [2.05, 4.69) is 49.5 Å². The lowest BCUT2D eigenvalue weighted by Crippen LogP contribution is -2.41. The van der Waals surface area contributed by atoms with E-state index in [1.54, 1.807) is 6.26 Å². The predicted molar refractivity (Wildman–Crippen MR) is 106 cm³/mol. The highest BCUT2D eigenvalue weighted by Gasteiger charge is 2.12. The third-order valence-corrected chi connectivity index (χ3v) is 4.41. The van der Waals surface area contributed by atoms with Crippen molar-refractivity contribution in [3.8, 4) is 0 Å². The highest BCUT2D eigenvalue weighted by atomic mass is 32.2. The van der Waals surface area contributed by atoms with Gasteiger partial charge >= 0.3 is 0 Å². The van der Waals surface area contributed by atoms with Crippen molar-refractivity contribution in [2.45, 2.75) is 46.2 Å². The summed E-state index contributed by atoms with van der Waals surface area (Å²) in [4.78, 5) is 7.20. The van der Waals surface area contributed by atoms with Crippen LogP contribution in [0, 0.1) is 0 Å². The maximum absolute atomic E-state index is 5.37. The van der Waals surface area contributed by atoms with E-state index in [0.29, 0.717) is 12.1 Å². The molecule has 0 aliphatic carbocycles. The molecule has 24 heavy (non-hydrogen) atoms. The molecule has 6 heteroatoms. The maximum atomic E-state index is 5.37. The SMILES string of the molecule is CSCCNC(=NCCN(C(C)C)C(C)C)NCCc1ccco1. The number of guanidine groups is 1. The summed E-state index contributed by atoms with van der Waals surface area (Å²) in [6.45, 7) is 12.5. The van der Waals surface area contributed by atoms with Crippen LogP contribution in [0.15, 0.2) is 27.8 Å². The smallest absolute Gasteiger partial charge is 0.191 e. The third kappa shape index (κ3) is 8.64. The van der Waals surface area contributed by atoms with Crippen molar-refractivity contribution < 1.29 is 4.42 Å². The van der Waals surface area contributed by atoms with E-state index in [9.17, 15) is 0 Å². The Kier molecular flexibility index (Phi) is 10.7. The molecular weight excluding hydrogens is 320 g/mol. The Bertz CT molecular complexity index is 438. The van der Waals surface area contributed by atoms with Crippen molar-refractivity contribution in [3.63, 3.8) is 0 Å². The second-order valence-corrected chi connectivity index (χ2v) is 7.32. The predicted octanol–water partition coefficient (Wildman–Crippen LogP) is 2.84. The molecule has 0 amide bonds. The number of rotatable bonds is 11. The molecule has 138 valence electrons. The van der Waals surface area contributed by atoms with E-state index in [1.807, 2.05) is 23.9 Å². The zero-order valence-electron chi connectivity index (χ0n) is 15.8. The van der Waals surface area contributed by atoms with Gasteiger partial charge in [-0.05, 0) is 46.1 Å². The van der Waals surface area contributed by atoms with Crippen LogP contribution in [-0.4, -0.2) is 61.1 Å². The first-order chi connectivity index (χ1) is 11.5. The lowest BCUT2D eigenvalue weighted by Gasteiger charge is -2.29. The number of aliphatic imine (C=N–C) groups is 1. The van der Waals surface area contributed by atoms with E-state index in [0.717, 1.165) is 50.1 Å². The molecule has 0 aromatic carbocycles. The zero-order valence-corrected chi connectivity index (χ0v) is 16.7. The van der Waals surface area contributed by atoms with Gasteiger partial charge in [0.25, 0.3) is 0 Å². The Morgan fingerprint density at radius 2 is 1.92 bits per heavy atom. The minimum absolute atomic E-state index is 0.542. The average Bonchev–Trinajstić information content (AvgIpc) is 3.03. The molecule has 0 saturated heterocycles. The molecule has 0 atom stereocenters. The quantitative estimate of drug-likeness (QED) is 0.364. The topological polar surface area (TPSA) is 52.8 Å². The number of nitrogens with one attached hydrogen (secondary N) is 2. The highest BCUT2D eigenvalue weighted by Crippen LogP contribution is 2.04. The lowest BCUT2D eigenvalue weighted by molar-refractivity contribution is 0.181. The summed E-state index contributed by atoms with van der Waals surface area (Å²) in [6, 6.07) is 5.01. The summed E-state index contributed by atoms with van der Waals surface area (Å²) in [5.74, 6) is 2.96. The van der Waals surface area contributed by atoms with Gasteiger partial charge in [-0.1, -0.05) is 0 Å². The second kappa shape index (κ2) is 12.3. The minimum atomic E-state index is 0.542. The molecule has 1 rings (SSSR count). The summed E-state index contributed by atoms with van der Waals surface area (Å²) >= 11 is 1.83. The molecule has 0 aliphatic heterocycles. The molecule has 0 aliphatic rings. The molecule has 0 unspecified atom stereocenters. The summed E-state index contributed by atoms with van der Waals surface area (Å²) in [5, 5.41) is 6.80. The molecule has 2 N–H and O–H groups in total. The van der Waals surface area contributed by atoms with Gasteiger partial charge in [-0.2, -0.15) is 11.8 Å². The fourth-order valence-electron chi connectivity index (χ4n) is 2.59. The van der Waals surface area contributed by atoms with Gasteiger partial charge in [-0.15, -0.1) is 0 Å². The molecule has 1 aromatic rings. The maximum Gasteiger partial charge on any atom is 0.191 e. The Hall–Kier alpha value is -1.14. The van der Waals surface area contributed by atoms with Gasteiger partial charge in [0, 0.05) is 43.9 Å². The van der Waals surface area contributed by atoms with Crippen LogP contribution in [0.4, 0.5) is 0 Å². The largest absolute Gasteiger partial charge is 0.469 e. The fourth-order valence-corrected chi connectivity index (χ4v) is 2.90. The highest BCUT2D eigenvalue weighted by molar-refractivity contribution is 7.98. The van der Waals surface area contributed by atoms with E-state index >= 15 is 0 Å².